The van der Waals surface area contributed by atoms with Crippen LogP contribution in [0.3, 0.4) is 0 Å². The molecule has 0 unspecified atom stereocenters. The van der Waals surface area contributed by atoms with Crippen LogP contribution in [0.15, 0.2) is 71.9 Å². The van der Waals surface area contributed by atoms with Crippen molar-refractivity contribution in [3.8, 4) is 11.5 Å². The van der Waals surface area contributed by atoms with Gasteiger partial charge in [-0.1, -0.05) is 36.4 Å². The predicted molar refractivity (Wildman–Crippen MR) is 99.2 cm³/mol. The molecule has 0 radical (unpaired) electrons. The molecule has 0 aromatic heterocycles. The van der Waals surface area contributed by atoms with E-state index in [1.54, 1.807) is 24.3 Å². The van der Waals surface area contributed by atoms with Crippen LogP contribution in [-0.4, -0.2) is 22.6 Å². The van der Waals surface area contributed by atoms with Crippen molar-refractivity contribution in [2.45, 2.75) is 12.8 Å². The quantitative estimate of drug-likeness (QED) is 0.460. The Balaban J connectivity index is 2.16. The minimum absolute atomic E-state index is 0.173. The van der Waals surface area contributed by atoms with Crippen LogP contribution >= 0.6 is 0 Å². The molecule has 0 atom stereocenters. The van der Waals surface area contributed by atoms with Crippen molar-refractivity contribution in [1.29, 1.82) is 0 Å². The van der Waals surface area contributed by atoms with E-state index in [2.05, 4.69) is 23.4 Å². The second-order valence-corrected chi connectivity index (χ2v) is 5.18. The minimum Gasteiger partial charge on any atom is -0.507 e. The summed E-state index contributed by atoms with van der Waals surface area (Å²) in [4.78, 5) is 0. The highest BCUT2D eigenvalue weighted by Gasteiger charge is 2.04. The first kappa shape index (κ1) is 17.2. The highest BCUT2D eigenvalue weighted by molar-refractivity contribution is 5.87. The summed E-state index contributed by atoms with van der Waals surface area (Å²) in [5.41, 5.74) is 2.73. The second kappa shape index (κ2) is 8.48. The molecule has 2 rings (SSSR count). The van der Waals surface area contributed by atoms with Crippen molar-refractivity contribution in [3.05, 3.63) is 84.0 Å². The van der Waals surface area contributed by atoms with Crippen molar-refractivity contribution >= 4 is 12.4 Å². The zero-order valence-electron chi connectivity index (χ0n) is 13.4. The number of phenols is 2. The molecule has 24 heavy (non-hydrogen) atoms. The van der Waals surface area contributed by atoms with Gasteiger partial charge < -0.3 is 10.2 Å². The lowest BCUT2D eigenvalue weighted by atomic mass is 10.1. The van der Waals surface area contributed by atoms with Gasteiger partial charge in [0.15, 0.2) is 0 Å². The summed E-state index contributed by atoms with van der Waals surface area (Å²) < 4.78 is 0. The van der Waals surface area contributed by atoms with E-state index in [-0.39, 0.29) is 11.5 Å². The van der Waals surface area contributed by atoms with Gasteiger partial charge in [-0.15, -0.1) is 13.2 Å². The number of rotatable bonds is 7. The van der Waals surface area contributed by atoms with E-state index in [9.17, 15) is 10.2 Å². The van der Waals surface area contributed by atoms with Crippen molar-refractivity contribution in [3.63, 3.8) is 0 Å². The monoisotopic (exact) mass is 320 g/mol. The number of para-hydroxylation sites is 2. The molecule has 0 aliphatic rings. The van der Waals surface area contributed by atoms with Crippen LogP contribution < -0.4 is 0 Å². The highest BCUT2D eigenvalue weighted by Crippen LogP contribution is 2.23. The molecule has 0 spiro atoms. The maximum Gasteiger partial charge on any atom is 0.127 e. The average molecular weight is 320 g/mol. The molecule has 122 valence electrons. The summed E-state index contributed by atoms with van der Waals surface area (Å²) in [7, 11) is 0. The molecule has 4 nitrogen and oxygen atoms in total. The van der Waals surface area contributed by atoms with E-state index in [4.69, 9.17) is 0 Å². The van der Waals surface area contributed by atoms with Crippen LogP contribution in [0.25, 0.3) is 0 Å². The summed E-state index contributed by atoms with van der Waals surface area (Å²) in [6, 6.07) is 10.9. The van der Waals surface area contributed by atoms with Gasteiger partial charge in [0.2, 0.25) is 0 Å². The van der Waals surface area contributed by atoms with Gasteiger partial charge in [0.25, 0.3) is 0 Å². The number of aromatic hydroxyl groups is 2. The number of benzene rings is 2. The molecule has 2 aromatic carbocycles. The average Bonchev–Trinajstić information content (AvgIpc) is 2.58. The third-order valence-electron chi connectivity index (χ3n) is 3.49. The zero-order chi connectivity index (χ0) is 17.4. The van der Waals surface area contributed by atoms with Gasteiger partial charge in [0, 0.05) is 11.1 Å². The predicted octanol–water partition coefficient (Wildman–Crippen LogP) is 4.01. The fraction of sp³-hybridized carbons (Fsp3) is 0.100. The van der Waals surface area contributed by atoms with Gasteiger partial charge in [-0.05, 0) is 36.1 Å². The van der Waals surface area contributed by atoms with Crippen molar-refractivity contribution in [2.75, 3.05) is 0 Å². The van der Waals surface area contributed by atoms with E-state index in [0.29, 0.717) is 24.0 Å². The molecule has 0 heterocycles. The first-order valence-corrected chi connectivity index (χ1v) is 7.57. The Morgan fingerprint density at radius 1 is 0.750 bits per heavy atom. The molecule has 2 aromatic rings. The number of hydrogen-bond donors (Lipinski definition) is 2. The Kier molecular flexibility index (Phi) is 6.08. The Hall–Kier alpha value is -3.14. The molecule has 0 saturated carbocycles. The fourth-order valence-electron chi connectivity index (χ4n) is 2.26. The lowest BCUT2D eigenvalue weighted by Gasteiger charge is -2.04. The largest absolute Gasteiger partial charge is 0.507 e. The molecule has 0 bridgehead atoms. The van der Waals surface area contributed by atoms with E-state index in [0.717, 1.165) is 11.1 Å². The standard InChI is InChI=1S/C20H20N2O2/c1-3-7-15-9-5-11-17(19(15)23)13-21-22-14-18-12-6-10-16(8-4-2)20(18)24/h3-6,9-14,23-24H,1-2,7-8H2/b21-13+,22-14+. The lowest BCUT2D eigenvalue weighted by Crippen LogP contribution is -1.89. The number of nitrogens with zero attached hydrogens (tertiary/aromatic N) is 2. The number of allylic oxidation sites excluding steroid dienone is 2. The van der Waals surface area contributed by atoms with Gasteiger partial charge in [-0.25, -0.2) is 0 Å². The van der Waals surface area contributed by atoms with Crippen molar-refractivity contribution < 1.29 is 10.2 Å². The van der Waals surface area contributed by atoms with Crippen LogP contribution in [0, 0.1) is 0 Å². The Morgan fingerprint density at radius 3 is 1.54 bits per heavy atom. The Morgan fingerprint density at radius 2 is 1.17 bits per heavy atom. The minimum atomic E-state index is 0.173. The Labute approximate surface area is 141 Å². The topological polar surface area (TPSA) is 65.2 Å². The van der Waals surface area contributed by atoms with E-state index in [1.807, 2.05) is 24.3 Å². The molecule has 0 saturated heterocycles. The maximum atomic E-state index is 10.1. The normalized spacial score (nSPS) is 11.2. The van der Waals surface area contributed by atoms with Crippen LogP contribution in [0.2, 0.25) is 0 Å². The second-order valence-electron chi connectivity index (χ2n) is 5.18. The lowest BCUT2D eigenvalue weighted by molar-refractivity contribution is 0.468. The molecular weight excluding hydrogens is 300 g/mol. The van der Waals surface area contributed by atoms with Gasteiger partial charge in [0.1, 0.15) is 11.5 Å². The summed E-state index contributed by atoms with van der Waals surface area (Å²) in [5, 5.41) is 28.2. The van der Waals surface area contributed by atoms with Gasteiger partial charge >= 0.3 is 0 Å². The summed E-state index contributed by atoms with van der Waals surface area (Å²) in [6.45, 7) is 7.33. The SMILES string of the molecule is C=CCc1cccc(/C=N/N=C/c2cccc(CC=C)c2O)c1O. The van der Waals surface area contributed by atoms with Crippen molar-refractivity contribution in [1.82, 2.24) is 0 Å². The number of phenolic OH excluding ortho intramolecular Hbond substituents is 2. The van der Waals surface area contributed by atoms with E-state index in [1.165, 1.54) is 12.4 Å². The highest BCUT2D eigenvalue weighted by atomic mass is 16.3. The summed E-state index contributed by atoms with van der Waals surface area (Å²) in [6.07, 6.45) is 7.58. The van der Waals surface area contributed by atoms with Crippen molar-refractivity contribution in [2.24, 2.45) is 10.2 Å². The van der Waals surface area contributed by atoms with E-state index < -0.39 is 0 Å². The summed E-state index contributed by atoms with van der Waals surface area (Å²) in [5.74, 6) is 0.347. The Bertz CT molecular complexity index is 725. The first-order valence-electron chi connectivity index (χ1n) is 7.57. The first-order chi connectivity index (χ1) is 11.7. The molecule has 2 N–H and O–H groups in total. The van der Waals surface area contributed by atoms with E-state index >= 15 is 0 Å². The zero-order valence-corrected chi connectivity index (χ0v) is 13.4. The molecule has 4 heteroatoms. The maximum absolute atomic E-state index is 10.1. The summed E-state index contributed by atoms with van der Waals surface area (Å²) >= 11 is 0. The smallest absolute Gasteiger partial charge is 0.127 e. The van der Waals surface area contributed by atoms with Gasteiger partial charge in [0.05, 0.1) is 12.4 Å². The molecule has 0 fully saturated rings. The fourth-order valence-corrected chi connectivity index (χ4v) is 2.26. The van der Waals surface area contributed by atoms with Crippen LogP contribution in [0.1, 0.15) is 22.3 Å². The van der Waals surface area contributed by atoms with Gasteiger partial charge in [-0.2, -0.15) is 10.2 Å². The van der Waals surface area contributed by atoms with Crippen LogP contribution in [-0.2, 0) is 12.8 Å². The molecule has 0 aliphatic heterocycles. The molecular formula is C20H20N2O2. The molecule has 0 aliphatic carbocycles. The van der Waals surface area contributed by atoms with Crippen LogP contribution in [0.5, 0.6) is 11.5 Å². The molecule has 0 amide bonds. The third-order valence-corrected chi connectivity index (χ3v) is 3.49. The third kappa shape index (κ3) is 4.20. The van der Waals surface area contributed by atoms with Gasteiger partial charge in [-0.3, -0.25) is 0 Å². The number of hydrogen-bond acceptors (Lipinski definition) is 4. The van der Waals surface area contributed by atoms with Crippen LogP contribution in [0.4, 0.5) is 0 Å².